The van der Waals surface area contributed by atoms with Gasteiger partial charge in [-0.15, -0.1) is 11.3 Å². The number of thioether (sulfide) groups is 1. The highest BCUT2D eigenvalue weighted by Crippen LogP contribution is 2.42. The number of rotatable bonds is 4. The summed E-state index contributed by atoms with van der Waals surface area (Å²) in [5.41, 5.74) is 0.586. The van der Waals surface area contributed by atoms with Crippen LogP contribution < -0.4 is 0 Å². The molecule has 134 valence electrons. The number of thiophene rings is 1. The Morgan fingerprint density at radius 2 is 1.62 bits per heavy atom. The summed E-state index contributed by atoms with van der Waals surface area (Å²) < 4.78 is 0. The van der Waals surface area contributed by atoms with Gasteiger partial charge in [0.05, 0.1) is 10.5 Å². The molecular formula is C21H21NO2S2. The van der Waals surface area contributed by atoms with Gasteiger partial charge in [0.25, 0.3) is 11.8 Å². The van der Waals surface area contributed by atoms with Gasteiger partial charge in [0.1, 0.15) is 0 Å². The lowest BCUT2D eigenvalue weighted by molar-refractivity contribution is -0.139. The molecule has 0 bridgehead atoms. The average molecular weight is 384 g/mol. The summed E-state index contributed by atoms with van der Waals surface area (Å²) in [6.07, 6.45) is 6.44. The molecule has 2 heterocycles. The lowest BCUT2D eigenvalue weighted by Crippen LogP contribution is -2.40. The van der Waals surface area contributed by atoms with Crippen LogP contribution in [0.15, 0.2) is 57.6 Å². The standard InChI is InChI=1S/C21H21NO2S2/c23-20-18(17-13-8-14-25-17)19(26-16-11-6-3-7-12-16)21(24)22(20)15-9-4-1-2-5-10-15/h3,6-8,11-15H,1-2,4-5,9-10H2. The Hall–Kier alpha value is -1.85. The Balaban J connectivity index is 1.71. The third-order valence-corrected chi connectivity index (χ3v) is 6.97. The largest absolute Gasteiger partial charge is 0.271 e. The zero-order valence-corrected chi connectivity index (χ0v) is 16.2. The SMILES string of the molecule is O=C1C(Sc2ccccc2)=C(c2cccs2)C(=O)N1C1CCCCCC1. The van der Waals surface area contributed by atoms with Crippen molar-refractivity contribution in [3.8, 4) is 0 Å². The molecule has 1 aliphatic heterocycles. The minimum atomic E-state index is -0.112. The maximum Gasteiger partial charge on any atom is 0.268 e. The fourth-order valence-corrected chi connectivity index (χ4v) is 5.56. The van der Waals surface area contributed by atoms with Crippen molar-refractivity contribution in [2.24, 2.45) is 0 Å². The van der Waals surface area contributed by atoms with Crippen LogP contribution in [0.2, 0.25) is 0 Å². The monoisotopic (exact) mass is 383 g/mol. The lowest BCUT2D eigenvalue weighted by Gasteiger charge is -2.25. The van der Waals surface area contributed by atoms with Crippen molar-refractivity contribution >= 4 is 40.5 Å². The summed E-state index contributed by atoms with van der Waals surface area (Å²) in [4.78, 5) is 30.5. The zero-order valence-electron chi connectivity index (χ0n) is 14.5. The first-order valence-electron chi connectivity index (χ1n) is 9.14. The van der Waals surface area contributed by atoms with Crippen molar-refractivity contribution in [3.05, 3.63) is 57.6 Å². The van der Waals surface area contributed by atoms with Gasteiger partial charge in [-0.05, 0) is 36.4 Å². The number of nitrogens with zero attached hydrogens (tertiary/aromatic N) is 1. The number of carbonyl (C=O) groups is 2. The molecule has 1 aromatic heterocycles. The van der Waals surface area contributed by atoms with Crippen LogP contribution in [0.25, 0.3) is 5.57 Å². The van der Waals surface area contributed by atoms with E-state index < -0.39 is 0 Å². The molecule has 0 spiro atoms. The summed E-state index contributed by atoms with van der Waals surface area (Å²) in [7, 11) is 0. The molecule has 0 N–H and O–H groups in total. The van der Waals surface area contributed by atoms with E-state index in [1.807, 2.05) is 47.8 Å². The zero-order chi connectivity index (χ0) is 17.9. The number of benzene rings is 1. The molecule has 0 radical (unpaired) electrons. The predicted molar refractivity (Wildman–Crippen MR) is 107 cm³/mol. The molecule has 0 atom stereocenters. The molecule has 1 aliphatic carbocycles. The topological polar surface area (TPSA) is 37.4 Å². The van der Waals surface area contributed by atoms with Crippen LogP contribution in [0, 0.1) is 0 Å². The highest BCUT2D eigenvalue weighted by atomic mass is 32.2. The number of imide groups is 1. The summed E-state index contributed by atoms with van der Waals surface area (Å²) in [5, 5.41) is 1.96. The normalized spacial score (nSPS) is 19.3. The van der Waals surface area contributed by atoms with Gasteiger partial charge in [-0.1, -0.05) is 61.7 Å². The van der Waals surface area contributed by atoms with Crippen LogP contribution in [0.1, 0.15) is 43.4 Å². The van der Waals surface area contributed by atoms with Gasteiger partial charge in [0.15, 0.2) is 0 Å². The Labute approximate surface area is 162 Å². The van der Waals surface area contributed by atoms with Crippen LogP contribution in [-0.4, -0.2) is 22.8 Å². The van der Waals surface area contributed by atoms with Gasteiger partial charge in [0.2, 0.25) is 0 Å². The Morgan fingerprint density at radius 3 is 2.27 bits per heavy atom. The van der Waals surface area contributed by atoms with Gasteiger partial charge in [-0.2, -0.15) is 0 Å². The molecule has 26 heavy (non-hydrogen) atoms. The second-order valence-corrected chi connectivity index (χ2v) is 8.75. The Morgan fingerprint density at radius 1 is 0.885 bits per heavy atom. The molecule has 2 aliphatic rings. The molecule has 5 heteroatoms. The van der Waals surface area contributed by atoms with Gasteiger partial charge >= 0.3 is 0 Å². The average Bonchev–Trinajstić information content (AvgIpc) is 3.15. The van der Waals surface area contributed by atoms with Gasteiger partial charge in [0, 0.05) is 15.8 Å². The first kappa shape index (κ1) is 17.6. The molecule has 1 fully saturated rings. The second-order valence-electron chi connectivity index (χ2n) is 6.72. The predicted octanol–water partition coefficient (Wildman–Crippen LogP) is 5.34. The van der Waals surface area contributed by atoms with E-state index in [1.54, 1.807) is 4.90 Å². The van der Waals surface area contributed by atoms with Crippen molar-refractivity contribution in [1.82, 2.24) is 4.90 Å². The summed E-state index contributed by atoms with van der Waals surface area (Å²) in [5.74, 6) is -0.220. The van der Waals surface area contributed by atoms with Crippen LogP contribution in [0.5, 0.6) is 0 Å². The first-order chi connectivity index (χ1) is 12.8. The third-order valence-electron chi connectivity index (χ3n) is 4.99. The van der Waals surface area contributed by atoms with Crippen molar-refractivity contribution in [2.75, 3.05) is 0 Å². The van der Waals surface area contributed by atoms with Gasteiger partial charge < -0.3 is 0 Å². The first-order valence-corrected chi connectivity index (χ1v) is 10.8. The summed E-state index contributed by atoms with van der Waals surface area (Å²) in [6, 6.07) is 13.7. The highest BCUT2D eigenvalue weighted by molar-refractivity contribution is 8.04. The minimum Gasteiger partial charge on any atom is -0.271 e. The van der Waals surface area contributed by atoms with E-state index in [9.17, 15) is 9.59 Å². The third kappa shape index (κ3) is 3.38. The van der Waals surface area contributed by atoms with E-state index in [1.165, 1.54) is 35.9 Å². The van der Waals surface area contributed by atoms with Crippen molar-refractivity contribution < 1.29 is 9.59 Å². The molecule has 0 unspecified atom stereocenters. The number of hydrogen-bond donors (Lipinski definition) is 0. The van der Waals surface area contributed by atoms with Crippen LogP contribution >= 0.6 is 23.1 Å². The fourth-order valence-electron chi connectivity index (χ4n) is 3.71. The quantitative estimate of drug-likeness (QED) is 0.528. The maximum absolute atomic E-state index is 13.3. The summed E-state index contributed by atoms with van der Waals surface area (Å²) in [6.45, 7) is 0. The van der Waals surface area contributed by atoms with Crippen LogP contribution in [0.4, 0.5) is 0 Å². The van der Waals surface area contributed by atoms with E-state index >= 15 is 0 Å². The molecule has 1 aromatic carbocycles. The van der Waals surface area contributed by atoms with Gasteiger partial charge in [-0.25, -0.2) is 0 Å². The Kier molecular flexibility index (Phi) is 5.27. The van der Waals surface area contributed by atoms with E-state index in [0.29, 0.717) is 10.5 Å². The van der Waals surface area contributed by atoms with Crippen molar-refractivity contribution in [1.29, 1.82) is 0 Å². The molecule has 3 nitrogen and oxygen atoms in total. The van der Waals surface area contributed by atoms with Gasteiger partial charge in [-0.3, -0.25) is 14.5 Å². The number of hydrogen-bond acceptors (Lipinski definition) is 4. The number of carbonyl (C=O) groups excluding carboxylic acids is 2. The minimum absolute atomic E-state index is 0.0429. The fraction of sp³-hybridized carbons (Fsp3) is 0.333. The molecule has 4 rings (SSSR count). The maximum atomic E-state index is 13.3. The molecule has 2 aromatic rings. The Bertz CT molecular complexity index is 819. The van der Waals surface area contributed by atoms with Crippen molar-refractivity contribution in [3.63, 3.8) is 0 Å². The molecule has 1 saturated carbocycles. The van der Waals surface area contributed by atoms with Crippen molar-refractivity contribution in [2.45, 2.75) is 49.5 Å². The van der Waals surface area contributed by atoms with E-state index in [4.69, 9.17) is 0 Å². The van der Waals surface area contributed by atoms with Crippen LogP contribution in [0.3, 0.4) is 0 Å². The molecule has 2 amide bonds. The number of amides is 2. The van der Waals surface area contributed by atoms with Crippen LogP contribution in [-0.2, 0) is 9.59 Å². The lowest BCUT2D eigenvalue weighted by atomic mass is 10.1. The van der Waals surface area contributed by atoms with E-state index in [2.05, 4.69) is 0 Å². The summed E-state index contributed by atoms with van der Waals surface area (Å²) >= 11 is 2.94. The molecule has 0 saturated heterocycles. The smallest absolute Gasteiger partial charge is 0.268 e. The van der Waals surface area contributed by atoms with E-state index in [-0.39, 0.29) is 17.9 Å². The highest BCUT2D eigenvalue weighted by Gasteiger charge is 2.43. The van der Waals surface area contributed by atoms with E-state index in [0.717, 1.165) is 35.5 Å². The second kappa shape index (κ2) is 7.80. The molecular weight excluding hydrogens is 362 g/mol.